The number of hydrogen-bond acceptors (Lipinski definition) is 2. The molecule has 1 aromatic carbocycles. The van der Waals surface area contributed by atoms with Crippen molar-refractivity contribution in [2.75, 3.05) is 32.1 Å². The van der Waals surface area contributed by atoms with E-state index >= 15 is 0 Å². The molecule has 0 atom stereocenters. The first kappa shape index (κ1) is 15.5. The number of hydrogen-bond donors (Lipinski definition) is 1. The first-order valence-corrected chi connectivity index (χ1v) is 5.79. The molecular formula is C15H24N2. The largest absolute Gasteiger partial charge is 0.377 e. The molecule has 1 aromatic rings. The fourth-order valence-corrected chi connectivity index (χ4v) is 1.35. The second kappa shape index (κ2) is 9.67. The van der Waals surface area contributed by atoms with Crippen molar-refractivity contribution >= 4 is 5.69 Å². The van der Waals surface area contributed by atoms with E-state index in [-0.39, 0.29) is 0 Å². The number of nitrogens with zero attached hydrogens (tertiary/aromatic N) is 1. The summed E-state index contributed by atoms with van der Waals surface area (Å²) in [5, 5.41) is 3.05. The van der Waals surface area contributed by atoms with Gasteiger partial charge in [-0.25, -0.2) is 0 Å². The highest BCUT2D eigenvalue weighted by Crippen LogP contribution is 2.15. The lowest BCUT2D eigenvalue weighted by molar-refractivity contribution is 0.845. The van der Waals surface area contributed by atoms with E-state index in [1.165, 1.54) is 11.3 Å². The predicted octanol–water partition coefficient (Wildman–Crippen LogP) is 3.01. The van der Waals surface area contributed by atoms with Crippen LogP contribution in [-0.2, 0) is 0 Å². The van der Waals surface area contributed by atoms with Crippen LogP contribution in [0.3, 0.4) is 0 Å². The van der Waals surface area contributed by atoms with Crippen molar-refractivity contribution in [3.63, 3.8) is 0 Å². The lowest BCUT2D eigenvalue weighted by atomic mass is 10.2. The molecule has 0 saturated carbocycles. The van der Waals surface area contributed by atoms with Crippen LogP contribution in [0.2, 0.25) is 0 Å². The molecule has 0 aliphatic carbocycles. The third-order valence-corrected chi connectivity index (χ3v) is 2.17. The molecule has 2 heteroatoms. The summed E-state index contributed by atoms with van der Waals surface area (Å²) in [7, 11) is 4.12. The Bertz CT molecular complexity index is 321. The zero-order chi connectivity index (χ0) is 13.1. The van der Waals surface area contributed by atoms with Crippen molar-refractivity contribution in [1.29, 1.82) is 0 Å². The molecule has 0 amide bonds. The summed E-state index contributed by atoms with van der Waals surface area (Å²) in [6, 6.07) is 8.36. The van der Waals surface area contributed by atoms with Crippen LogP contribution in [0, 0.1) is 6.92 Å². The van der Waals surface area contributed by atoms with E-state index < -0.39 is 0 Å². The van der Waals surface area contributed by atoms with Gasteiger partial charge < -0.3 is 10.2 Å². The van der Waals surface area contributed by atoms with Crippen molar-refractivity contribution in [3.8, 4) is 0 Å². The van der Waals surface area contributed by atoms with Crippen molar-refractivity contribution < 1.29 is 0 Å². The molecule has 17 heavy (non-hydrogen) atoms. The maximum atomic E-state index is 3.54. The standard InChI is InChI=1S/C9H13N.C6H11N/c1-8-6-4-5-7-9(8)10(2)3;1-3-5-7-6-4-2/h4-7H,1-3H3;3-4,7H,1-2,5-6H2. The van der Waals surface area contributed by atoms with Gasteiger partial charge in [0.05, 0.1) is 0 Å². The number of para-hydroxylation sites is 1. The fraction of sp³-hybridized carbons (Fsp3) is 0.333. The van der Waals surface area contributed by atoms with Gasteiger partial charge in [0.1, 0.15) is 0 Å². The van der Waals surface area contributed by atoms with Crippen LogP contribution in [0.4, 0.5) is 5.69 Å². The van der Waals surface area contributed by atoms with Crippen LogP contribution in [0.25, 0.3) is 0 Å². The van der Waals surface area contributed by atoms with Crippen molar-refractivity contribution in [2.45, 2.75) is 6.92 Å². The van der Waals surface area contributed by atoms with Gasteiger partial charge in [0.2, 0.25) is 0 Å². The van der Waals surface area contributed by atoms with Gasteiger partial charge in [0.25, 0.3) is 0 Å². The molecule has 0 aliphatic heterocycles. The van der Waals surface area contributed by atoms with Crippen molar-refractivity contribution in [1.82, 2.24) is 5.32 Å². The maximum absolute atomic E-state index is 3.54. The van der Waals surface area contributed by atoms with E-state index in [0.29, 0.717) is 0 Å². The van der Waals surface area contributed by atoms with Crippen LogP contribution in [0.5, 0.6) is 0 Å². The van der Waals surface area contributed by atoms with Gasteiger partial charge in [-0.15, -0.1) is 13.2 Å². The van der Waals surface area contributed by atoms with E-state index in [0.717, 1.165) is 13.1 Å². The second-order valence-corrected chi connectivity index (χ2v) is 3.92. The van der Waals surface area contributed by atoms with Gasteiger partial charge in [-0.2, -0.15) is 0 Å². The molecule has 0 bridgehead atoms. The zero-order valence-corrected chi connectivity index (χ0v) is 11.2. The molecule has 0 heterocycles. The summed E-state index contributed by atoms with van der Waals surface area (Å²) in [6.07, 6.45) is 3.65. The average molecular weight is 232 g/mol. The molecule has 0 unspecified atom stereocenters. The van der Waals surface area contributed by atoms with Gasteiger partial charge in [-0.05, 0) is 18.6 Å². The minimum absolute atomic E-state index is 0.867. The number of aryl methyl sites for hydroxylation is 1. The Morgan fingerprint density at radius 3 is 2.00 bits per heavy atom. The van der Waals surface area contributed by atoms with Gasteiger partial charge in [-0.3, -0.25) is 0 Å². The first-order valence-electron chi connectivity index (χ1n) is 5.79. The number of benzene rings is 1. The molecule has 94 valence electrons. The quantitative estimate of drug-likeness (QED) is 0.620. The van der Waals surface area contributed by atoms with Gasteiger partial charge >= 0.3 is 0 Å². The molecule has 0 fully saturated rings. The van der Waals surface area contributed by atoms with Gasteiger partial charge in [0, 0.05) is 32.9 Å². The first-order chi connectivity index (χ1) is 8.13. The van der Waals surface area contributed by atoms with Crippen LogP contribution in [0.15, 0.2) is 49.6 Å². The Balaban J connectivity index is 0.000000325. The Kier molecular flexibility index (Phi) is 8.79. The molecule has 0 saturated heterocycles. The van der Waals surface area contributed by atoms with E-state index in [9.17, 15) is 0 Å². The summed E-state index contributed by atoms with van der Waals surface area (Å²) in [4.78, 5) is 2.12. The van der Waals surface area contributed by atoms with E-state index in [1.54, 1.807) is 0 Å². The van der Waals surface area contributed by atoms with E-state index in [4.69, 9.17) is 0 Å². The summed E-state index contributed by atoms with van der Waals surface area (Å²) in [5.41, 5.74) is 2.62. The van der Waals surface area contributed by atoms with Crippen LogP contribution >= 0.6 is 0 Å². The molecular weight excluding hydrogens is 208 g/mol. The van der Waals surface area contributed by atoms with Gasteiger partial charge in [0.15, 0.2) is 0 Å². The highest BCUT2D eigenvalue weighted by molar-refractivity contribution is 5.51. The normalized spacial score (nSPS) is 8.88. The number of nitrogens with one attached hydrogen (secondary N) is 1. The minimum Gasteiger partial charge on any atom is -0.377 e. The Hall–Kier alpha value is -1.54. The summed E-state index contributed by atoms with van der Waals surface area (Å²) < 4.78 is 0. The number of rotatable bonds is 5. The third-order valence-electron chi connectivity index (χ3n) is 2.17. The highest BCUT2D eigenvalue weighted by atomic mass is 15.1. The van der Waals surface area contributed by atoms with Gasteiger partial charge in [-0.1, -0.05) is 30.4 Å². The fourth-order valence-electron chi connectivity index (χ4n) is 1.35. The summed E-state index contributed by atoms with van der Waals surface area (Å²) in [6.45, 7) is 10.9. The van der Waals surface area contributed by atoms with E-state index in [1.807, 2.05) is 12.2 Å². The molecule has 0 aromatic heterocycles. The highest BCUT2D eigenvalue weighted by Gasteiger charge is 1.95. The minimum atomic E-state index is 0.867. The molecule has 2 nitrogen and oxygen atoms in total. The van der Waals surface area contributed by atoms with Crippen molar-refractivity contribution in [3.05, 3.63) is 55.1 Å². The molecule has 0 spiro atoms. The lowest BCUT2D eigenvalue weighted by Gasteiger charge is -2.14. The van der Waals surface area contributed by atoms with Crippen LogP contribution in [-0.4, -0.2) is 27.2 Å². The summed E-state index contributed by atoms with van der Waals surface area (Å²) in [5.74, 6) is 0. The Morgan fingerprint density at radius 2 is 1.65 bits per heavy atom. The zero-order valence-electron chi connectivity index (χ0n) is 11.2. The monoisotopic (exact) mass is 232 g/mol. The van der Waals surface area contributed by atoms with Crippen molar-refractivity contribution in [2.24, 2.45) is 0 Å². The smallest absolute Gasteiger partial charge is 0.0390 e. The second-order valence-electron chi connectivity index (χ2n) is 3.92. The van der Waals surface area contributed by atoms with E-state index in [2.05, 4.69) is 68.7 Å². The third kappa shape index (κ3) is 7.36. The Labute approximate surface area is 106 Å². The lowest BCUT2D eigenvalue weighted by Crippen LogP contribution is -2.11. The number of anilines is 1. The molecule has 0 radical (unpaired) electrons. The SMILES string of the molecule is C=CCNCC=C.Cc1ccccc1N(C)C. The molecule has 0 aliphatic rings. The molecule has 1 rings (SSSR count). The molecule has 1 N–H and O–H groups in total. The van der Waals surface area contributed by atoms with Crippen LogP contribution in [0.1, 0.15) is 5.56 Å². The topological polar surface area (TPSA) is 15.3 Å². The predicted molar refractivity (Wildman–Crippen MR) is 78.8 cm³/mol. The average Bonchev–Trinajstić information content (AvgIpc) is 2.31. The van der Waals surface area contributed by atoms with Crippen LogP contribution < -0.4 is 10.2 Å². The Morgan fingerprint density at radius 1 is 1.12 bits per heavy atom. The summed E-state index contributed by atoms with van der Waals surface area (Å²) >= 11 is 0. The maximum Gasteiger partial charge on any atom is 0.0390 e.